The molecule has 1 saturated heterocycles. The Morgan fingerprint density at radius 3 is 3.12 bits per heavy atom. The molecule has 0 amide bonds. The summed E-state index contributed by atoms with van der Waals surface area (Å²) in [6.45, 7) is 3.63. The molecule has 0 aliphatic carbocycles. The molecule has 4 heteroatoms. The van der Waals surface area contributed by atoms with Crippen molar-refractivity contribution < 1.29 is 9.84 Å². The highest BCUT2D eigenvalue weighted by molar-refractivity contribution is 5.07. The molecule has 3 N–H and O–H groups in total. The van der Waals surface area contributed by atoms with Crippen LogP contribution in [0.5, 0.6) is 0 Å². The summed E-state index contributed by atoms with van der Waals surface area (Å²) in [4.78, 5) is 3.04. The van der Waals surface area contributed by atoms with Crippen LogP contribution >= 0.6 is 0 Å². The van der Waals surface area contributed by atoms with Crippen molar-refractivity contribution in [2.45, 2.75) is 19.4 Å². The van der Waals surface area contributed by atoms with Gasteiger partial charge < -0.3 is 20.1 Å². The summed E-state index contributed by atoms with van der Waals surface area (Å²) in [5.74, 6) is 0. The van der Waals surface area contributed by atoms with E-state index >= 15 is 0 Å². The average Bonchev–Trinajstić information content (AvgIpc) is 2.90. The van der Waals surface area contributed by atoms with Gasteiger partial charge in [-0.25, -0.2) is 0 Å². The normalized spacial score (nSPS) is 25.1. The molecular weight excluding hydrogens is 204 g/mol. The van der Waals surface area contributed by atoms with Crippen molar-refractivity contribution in [3.05, 3.63) is 24.0 Å². The maximum absolute atomic E-state index is 9.09. The molecule has 1 aliphatic rings. The molecular formula is C12H20N2O2. The topological polar surface area (TPSA) is 57.3 Å². The highest BCUT2D eigenvalue weighted by Gasteiger charge is 2.33. The lowest BCUT2D eigenvalue weighted by Crippen LogP contribution is -2.35. The van der Waals surface area contributed by atoms with Crippen LogP contribution in [0.25, 0.3) is 0 Å². The summed E-state index contributed by atoms with van der Waals surface area (Å²) in [5, 5.41) is 12.5. The van der Waals surface area contributed by atoms with Crippen molar-refractivity contribution in [2.24, 2.45) is 5.41 Å². The summed E-state index contributed by atoms with van der Waals surface area (Å²) in [5.41, 5.74) is 1.41. The first-order valence-corrected chi connectivity index (χ1v) is 5.86. The first kappa shape index (κ1) is 11.6. The van der Waals surface area contributed by atoms with Crippen molar-refractivity contribution in [3.8, 4) is 0 Å². The maximum Gasteiger partial charge on any atom is 0.0536 e. The number of nitrogens with one attached hydrogen (secondary N) is 2. The molecule has 0 saturated carbocycles. The molecule has 4 nitrogen and oxygen atoms in total. The fourth-order valence-electron chi connectivity index (χ4n) is 2.25. The number of aromatic nitrogens is 1. The van der Waals surface area contributed by atoms with E-state index in [4.69, 9.17) is 9.84 Å². The molecule has 2 rings (SSSR count). The Morgan fingerprint density at radius 1 is 1.56 bits per heavy atom. The smallest absolute Gasteiger partial charge is 0.0536 e. The van der Waals surface area contributed by atoms with Crippen molar-refractivity contribution >= 4 is 0 Å². The predicted molar refractivity (Wildman–Crippen MR) is 62.1 cm³/mol. The molecule has 0 aromatic carbocycles. The van der Waals surface area contributed by atoms with Crippen molar-refractivity contribution in [1.29, 1.82) is 0 Å². The molecule has 1 aromatic rings. The molecule has 1 aromatic heterocycles. The number of rotatable bonds is 6. The van der Waals surface area contributed by atoms with Crippen LogP contribution in [-0.2, 0) is 11.3 Å². The summed E-state index contributed by atoms with van der Waals surface area (Å²) >= 11 is 0. The Labute approximate surface area is 96.0 Å². The average molecular weight is 224 g/mol. The SMILES string of the molecule is OCCC1(CNCc2cc[nH]c2)CCOC1. The number of hydrogen-bond acceptors (Lipinski definition) is 3. The van der Waals surface area contributed by atoms with Crippen LogP contribution in [0.2, 0.25) is 0 Å². The lowest BCUT2D eigenvalue weighted by molar-refractivity contribution is 0.124. The highest BCUT2D eigenvalue weighted by atomic mass is 16.5. The van der Waals surface area contributed by atoms with Crippen LogP contribution in [0.4, 0.5) is 0 Å². The minimum atomic E-state index is 0.144. The third-order valence-electron chi connectivity index (χ3n) is 3.32. The third-order valence-corrected chi connectivity index (χ3v) is 3.32. The fraction of sp³-hybridized carbons (Fsp3) is 0.667. The Kier molecular flexibility index (Phi) is 3.98. The number of aliphatic hydroxyl groups excluding tert-OH is 1. The van der Waals surface area contributed by atoms with E-state index in [0.717, 1.165) is 39.1 Å². The second-order valence-corrected chi connectivity index (χ2v) is 4.60. The van der Waals surface area contributed by atoms with E-state index in [0.29, 0.717) is 0 Å². The van der Waals surface area contributed by atoms with Crippen LogP contribution < -0.4 is 5.32 Å². The van der Waals surface area contributed by atoms with Gasteiger partial charge in [-0.2, -0.15) is 0 Å². The Morgan fingerprint density at radius 2 is 2.50 bits per heavy atom. The van der Waals surface area contributed by atoms with Crippen molar-refractivity contribution in [2.75, 3.05) is 26.4 Å². The molecule has 90 valence electrons. The fourth-order valence-corrected chi connectivity index (χ4v) is 2.25. The van der Waals surface area contributed by atoms with Gasteiger partial charge in [-0.05, 0) is 24.5 Å². The molecule has 1 atom stereocenters. The molecule has 0 bridgehead atoms. The molecule has 16 heavy (non-hydrogen) atoms. The van der Waals surface area contributed by atoms with E-state index in [1.165, 1.54) is 5.56 Å². The molecule has 0 radical (unpaired) electrons. The standard InChI is InChI=1S/C12H20N2O2/c15-5-2-12(3-6-16-10-12)9-14-8-11-1-4-13-7-11/h1,4,7,13-15H,2-3,5-6,8-10H2. The summed E-state index contributed by atoms with van der Waals surface area (Å²) in [6, 6.07) is 2.07. The lowest BCUT2D eigenvalue weighted by atomic mass is 9.84. The molecule has 1 fully saturated rings. The Bertz CT molecular complexity index is 292. The van der Waals surface area contributed by atoms with E-state index in [2.05, 4.69) is 16.4 Å². The number of aliphatic hydroxyl groups is 1. The zero-order valence-electron chi connectivity index (χ0n) is 9.54. The first-order valence-electron chi connectivity index (χ1n) is 5.86. The van der Waals surface area contributed by atoms with Gasteiger partial charge in [0.25, 0.3) is 0 Å². The second-order valence-electron chi connectivity index (χ2n) is 4.60. The van der Waals surface area contributed by atoms with Crippen molar-refractivity contribution in [1.82, 2.24) is 10.3 Å². The first-order chi connectivity index (χ1) is 7.85. The Balaban J connectivity index is 1.78. The zero-order chi connectivity index (χ0) is 11.3. The number of hydrogen-bond donors (Lipinski definition) is 3. The molecule has 1 aliphatic heterocycles. The molecule has 0 spiro atoms. The largest absolute Gasteiger partial charge is 0.396 e. The highest BCUT2D eigenvalue weighted by Crippen LogP contribution is 2.31. The monoisotopic (exact) mass is 224 g/mol. The number of aromatic amines is 1. The van der Waals surface area contributed by atoms with Gasteiger partial charge in [0, 0.05) is 44.1 Å². The van der Waals surface area contributed by atoms with Gasteiger partial charge in [0.05, 0.1) is 6.61 Å². The minimum Gasteiger partial charge on any atom is -0.396 e. The third kappa shape index (κ3) is 2.84. The van der Waals surface area contributed by atoms with Crippen molar-refractivity contribution in [3.63, 3.8) is 0 Å². The number of ether oxygens (including phenoxy) is 1. The van der Waals surface area contributed by atoms with E-state index in [1.54, 1.807) is 0 Å². The van der Waals surface area contributed by atoms with Gasteiger partial charge in [-0.3, -0.25) is 0 Å². The molecule has 2 heterocycles. The van der Waals surface area contributed by atoms with Crippen LogP contribution in [0.3, 0.4) is 0 Å². The maximum atomic E-state index is 9.09. The van der Waals surface area contributed by atoms with E-state index in [-0.39, 0.29) is 12.0 Å². The second kappa shape index (κ2) is 5.48. The quantitative estimate of drug-likeness (QED) is 0.672. The van der Waals surface area contributed by atoms with Gasteiger partial charge >= 0.3 is 0 Å². The lowest BCUT2D eigenvalue weighted by Gasteiger charge is -2.26. The summed E-state index contributed by atoms with van der Waals surface area (Å²) in [6.07, 6.45) is 5.80. The Hall–Kier alpha value is -0.840. The van der Waals surface area contributed by atoms with Crippen LogP contribution in [-0.4, -0.2) is 36.5 Å². The number of H-pyrrole nitrogens is 1. The van der Waals surface area contributed by atoms with Gasteiger partial charge in [-0.1, -0.05) is 0 Å². The van der Waals surface area contributed by atoms with E-state index in [1.807, 2.05) is 12.4 Å². The minimum absolute atomic E-state index is 0.144. The summed E-state index contributed by atoms with van der Waals surface area (Å²) in [7, 11) is 0. The van der Waals surface area contributed by atoms with E-state index < -0.39 is 0 Å². The van der Waals surface area contributed by atoms with Crippen LogP contribution in [0.1, 0.15) is 18.4 Å². The van der Waals surface area contributed by atoms with Gasteiger partial charge in [0.15, 0.2) is 0 Å². The summed E-state index contributed by atoms with van der Waals surface area (Å²) < 4.78 is 5.44. The van der Waals surface area contributed by atoms with Crippen LogP contribution in [0, 0.1) is 5.41 Å². The van der Waals surface area contributed by atoms with Gasteiger partial charge in [-0.15, -0.1) is 0 Å². The van der Waals surface area contributed by atoms with E-state index in [9.17, 15) is 0 Å². The molecule has 1 unspecified atom stereocenters. The van der Waals surface area contributed by atoms with Gasteiger partial charge in [0.2, 0.25) is 0 Å². The van der Waals surface area contributed by atoms with Crippen LogP contribution in [0.15, 0.2) is 18.5 Å². The predicted octanol–water partition coefficient (Wildman–Crippen LogP) is 0.893. The van der Waals surface area contributed by atoms with Gasteiger partial charge in [0.1, 0.15) is 0 Å². The zero-order valence-corrected chi connectivity index (χ0v) is 9.54.